The molecule has 3 aliphatic rings. The van der Waals surface area contributed by atoms with E-state index in [1.165, 1.54) is 18.4 Å². The first-order valence-corrected chi connectivity index (χ1v) is 11.6. The molecule has 0 bridgehead atoms. The van der Waals surface area contributed by atoms with Crippen LogP contribution in [0.2, 0.25) is 0 Å². The Kier molecular flexibility index (Phi) is 5.72. The number of fused-ring (bicyclic) bond motifs is 1. The number of hydrogen-bond acceptors (Lipinski definition) is 6. The molecular weight excluding hydrogens is 406 g/mol. The summed E-state index contributed by atoms with van der Waals surface area (Å²) in [5.74, 6) is -0.718. The smallest absolute Gasteiger partial charge is 0.340 e. The van der Waals surface area contributed by atoms with Crippen molar-refractivity contribution in [3.63, 3.8) is 0 Å². The van der Waals surface area contributed by atoms with E-state index < -0.39 is 22.1 Å². The lowest BCUT2D eigenvalue weighted by Gasteiger charge is -2.31. The fraction of sp³-hybridized carbons (Fsp3) is 0.381. The maximum absolute atomic E-state index is 13.1. The van der Waals surface area contributed by atoms with Crippen LogP contribution in [-0.2, 0) is 24.3 Å². The molecule has 158 valence electrons. The molecule has 3 aliphatic heterocycles. The van der Waals surface area contributed by atoms with Gasteiger partial charge in [0.15, 0.2) is 0 Å². The van der Waals surface area contributed by atoms with E-state index in [1.807, 2.05) is 6.07 Å². The number of esters is 1. The van der Waals surface area contributed by atoms with Crippen molar-refractivity contribution in [3.8, 4) is 0 Å². The Labute approximate surface area is 175 Å². The van der Waals surface area contributed by atoms with E-state index in [-0.39, 0.29) is 29.6 Å². The molecule has 8 nitrogen and oxygen atoms in total. The molecule has 0 spiro atoms. The molecule has 0 unspecified atom stereocenters. The molecule has 0 N–H and O–H groups in total. The summed E-state index contributed by atoms with van der Waals surface area (Å²) in [6, 6.07) is 8.98. The number of benzene rings is 1. The number of amidine groups is 1. The molecular formula is C21H23N3O5S. The lowest BCUT2D eigenvalue weighted by molar-refractivity contribution is -0.158. The van der Waals surface area contributed by atoms with Crippen LogP contribution in [0, 0.1) is 0 Å². The van der Waals surface area contributed by atoms with Gasteiger partial charge in [0.2, 0.25) is 6.10 Å². The summed E-state index contributed by atoms with van der Waals surface area (Å²) >= 11 is 0. The Bertz CT molecular complexity index is 1020. The van der Waals surface area contributed by atoms with Crippen LogP contribution in [0.15, 0.2) is 58.7 Å². The fourth-order valence-corrected chi connectivity index (χ4v) is 4.64. The number of carbonyl (C=O) groups is 2. The Balaban J connectivity index is 1.54. The molecule has 4 rings (SSSR count). The van der Waals surface area contributed by atoms with Crippen molar-refractivity contribution in [1.29, 1.82) is 0 Å². The third-order valence-corrected chi connectivity index (χ3v) is 6.44. The lowest BCUT2D eigenvalue weighted by Crippen LogP contribution is -2.40. The topological polar surface area (TPSA) is 96.4 Å². The highest BCUT2D eigenvalue weighted by Crippen LogP contribution is 2.25. The number of hydrogen-bond donors (Lipinski definition) is 0. The second kappa shape index (κ2) is 8.43. The Morgan fingerprint density at radius 1 is 1.00 bits per heavy atom. The molecule has 0 saturated carbocycles. The second-order valence-corrected chi connectivity index (χ2v) is 9.18. The first kappa shape index (κ1) is 20.3. The maximum Gasteiger partial charge on any atom is 0.340 e. The quantitative estimate of drug-likeness (QED) is 0.677. The first-order valence-electron chi connectivity index (χ1n) is 9.97. The van der Waals surface area contributed by atoms with E-state index >= 15 is 0 Å². The average molecular weight is 429 g/mol. The zero-order valence-electron chi connectivity index (χ0n) is 16.4. The van der Waals surface area contributed by atoms with E-state index in [2.05, 4.69) is 4.40 Å². The standard InChI is InChI=1S/C21H23N3O5S/c25-20(23-11-5-2-6-12-23)19(16-7-3-1-4-8-16)29-21(26)17-9-10-18-22-30(27,28)14-13-24(18)15-17/h1,3-4,7-10,15,19H,2,5-6,11-14H2/t19-/m1/s1. The minimum absolute atomic E-state index is 0.122. The predicted octanol–water partition coefficient (Wildman–Crippen LogP) is 1.78. The van der Waals surface area contributed by atoms with Gasteiger partial charge in [0.25, 0.3) is 15.9 Å². The van der Waals surface area contributed by atoms with Crippen LogP contribution < -0.4 is 0 Å². The molecule has 1 atom stereocenters. The van der Waals surface area contributed by atoms with Crippen molar-refractivity contribution in [2.45, 2.75) is 25.4 Å². The van der Waals surface area contributed by atoms with Crippen molar-refractivity contribution in [1.82, 2.24) is 9.80 Å². The van der Waals surface area contributed by atoms with Crippen LogP contribution in [0.1, 0.15) is 30.9 Å². The van der Waals surface area contributed by atoms with Crippen LogP contribution in [0.5, 0.6) is 0 Å². The van der Waals surface area contributed by atoms with Crippen LogP contribution in [0.3, 0.4) is 0 Å². The van der Waals surface area contributed by atoms with Gasteiger partial charge in [-0.1, -0.05) is 30.3 Å². The molecule has 1 fully saturated rings. The molecule has 30 heavy (non-hydrogen) atoms. The third-order valence-electron chi connectivity index (χ3n) is 5.28. The van der Waals surface area contributed by atoms with Gasteiger partial charge in [0.1, 0.15) is 5.84 Å². The summed E-state index contributed by atoms with van der Waals surface area (Å²) < 4.78 is 32.7. The number of amides is 1. The molecule has 1 saturated heterocycles. The van der Waals surface area contributed by atoms with Crippen LogP contribution in [0.4, 0.5) is 0 Å². The Morgan fingerprint density at radius 2 is 1.73 bits per heavy atom. The number of ether oxygens (including phenoxy) is 1. The van der Waals surface area contributed by atoms with Gasteiger partial charge in [-0.15, -0.1) is 4.40 Å². The number of nitrogens with zero attached hydrogens (tertiary/aromatic N) is 3. The summed E-state index contributed by atoms with van der Waals surface area (Å²) in [4.78, 5) is 29.4. The number of carbonyl (C=O) groups excluding carboxylic acids is 2. The lowest BCUT2D eigenvalue weighted by atomic mass is 10.1. The van der Waals surface area contributed by atoms with Crippen molar-refractivity contribution in [3.05, 3.63) is 59.8 Å². The van der Waals surface area contributed by atoms with Gasteiger partial charge in [0, 0.05) is 31.4 Å². The molecule has 0 aliphatic carbocycles. The second-order valence-electron chi connectivity index (χ2n) is 7.43. The van der Waals surface area contributed by atoms with Crippen molar-refractivity contribution in [2.24, 2.45) is 4.40 Å². The van der Waals surface area contributed by atoms with Gasteiger partial charge in [0.05, 0.1) is 11.3 Å². The van der Waals surface area contributed by atoms with Gasteiger partial charge < -0.3 is 14.5 Å². The minimum atomic E-state index is -3.47. The molecule has 1 amide bonds. The largest absolute Gasteiger partial charge is 0.444 e. The minimum Gasteiger partial charge on any atom is -0.444 e. The first-order chi connectivity index (χ1) is 14.4. The van der Waals surface area contributed by atoms with E-state index in [4.69, 9.17) is 4.74 Å². The SMILES string of the molecule is O=C(O[C@@H](C(=O)N1CCCCC1)c1ccccc1)C1=CN2CCS(=O)(=O)N=C2C=C1. The molecule has 0 radical (unpaired) electrons. The summed E-state index contributed by atoms with van der Waals surface area (Å²) in [7, 11) is -3.47. The van der Waals surface area contributed by atoms with Gasteiger partial charge in [-0.2, -0.15) is 0 Å². The molecule has 1 aromatic carbocycles. The van der Waals surface area contributed by atoms with Gasteiger partial charge >= 0.3 is 5.97 Å². The van der Waals surface area contributed by atoms with E-state index in [0.717, 1.165) is 19.3 Å². The van der Waals surface area contributed by atoms with Gasteiger partial charge in [-0.25, -0.2) is 13.2 Å². The molecule has 1 aromatic rings. The fourth-order valence-electron chi connectivity index (χ4n) is 3.67. The van der Waals surface area contributed by atoms with Crippen LogP contribution in [-0.4, -0.2) is 61.3 Å². The average Bonchev–Trinajstić information content (AvgIpc) is 2.77. The van der Waals surface area contributed by atoms with Gasteiger partial charge in [-0.05, 0) is 31.4 Å². The van der Waals surface area contributed by atoms with Crippen LogP contribution >= 0.6 is 0 Å². The highest BCUT2D eigenvalue weighted by molar-refractivity contribution is 7.90. The molecule has 9 heteroatoms. The zero-order chi connectivity index (χ0) is 21.1. The predicted molar refractivity (Wildman–Crippen MR) is 111 cm³/mol. The van der Waals surface area contributed by atoms with Gasteiger partial charge in [-0.3, -0.25) is 4.79 Å². The van der Waals surface area contributed by atoms with Crippen LogP contribution in [0.25, 0.3) is 0 Å². The zero-order valence-corrected chi connectivity index (χ0v) is 17.3. The third kappa shape index (κ3) is 4.46. The number of sulfonamides is 1. The Hall–Kier alpha value is -2.94. The normalized spacial score (nSPS) is 21.2. The highest BCUT2D eigenvalue weighted by atomic mass is 32.2. The van der Waals surface area contributed by atoms with Crippen molar-refractivity contribution in [2.75, 3.05) is 25.4 Å². The highest BCUT2D eigenvalue weighted by Gasteiger charge is 2.32. The van der Waals surface area contributed by atoms with E-state index in [1.54, 1.807) is 34.1 Å². The summed E-state index contributed by atoms with van der Waals surface area (Å²) in [6.07, 6.45) is 6.39. The van der Waals surface area contributed by atoms with E-state index in [0.29, 0.717) is 18.7 Å². The van der Waals surface area contributed by atoms with Crippen molar-refractivity contribution < 1.29 is 22.7 Å². The molecule has 0 aromatic heterocycles. The Morgan fingerprint density at radius 3 is 2.47 bits per heavy atom. The van der Waals surface area contributed by atoms with Crippen molar-refractivity contribution >= 4 is 27.7 Å². The summed E-state index contributed by atoms with van der Waals surface area (Å²) in [5, 5.41) is 0. The number of rotatable bonds is 4. The number of likely N-dealkylation sites (tertiary alicyclic amines) is 1. The summed E-state index contributed by atoms with van der Waals surface area (Å²) in [6.45, 7) is 1.52. The monoisotopic (exact) mass is 429 g/mol. The number of piperidine rings is 1. The summed E-state index contributed by atoms with van der Waals surface area (Å²) in [5.41, 5.74) is 0.855. The maximum atomic E-state index is 13.1. The van der Waals surface area contributed by atoms with E-state index in [9.17, 15) is 18.0 Å². The molecule has 3 heterocycles.